The molecule has 1 fully saturated rings. The van der Waals surface area contributed by atoms with E-state index in [9.17, 15) is 0 Å². The molecule has 1 aromatic heterocycles. The molecular formula is C11H21ClN4O. The number of halogens is 1. The standard InChI is InChI=1S/C11H20N4O.ClH/c1-10-9-16-7-6-15(10)5-4-12-8-11-13-2-3-14-11;/h2-3,10,12H,4-9H2,1H3,(H,13,14);1H. The zero-order valence-corrected chi connectivity index (χ0v) is 11.0. The number of aromatic amines is 1. The molecule has 2 heterocycles. The van der Waals surface area contributed by atoms with Gasteiger partial charge in [0.15, 0.2) is 0 Å². The normalized spacial score (nSPS) is 21.1. The molecule has 0 spiro atoms. The average molecular weight is 261 g/mol. The van der Waals surface area contributed by atoms with E-state index < -0.39 is 0 Å². The molecule has 0 aliphatic carbocycles. The highest BCUT2D eigenvalue weighted by molar-refractivity contribution is 5.85. The molecular weight excluding hydrogens is 240 g/mol. The van der Waals surface area contributed by atoms with E-state index in [1.54, 1.807) is 6.20 Å². The first-order valence-electron chi connectivity index (χ1n) is 5.87. The quantitative estimate of drug-likeness (QED) is 0.763. The van der Waals surface area contributed by atoms with E-state index in [0.717, 1.165) is 45.2 Å². The van der Waals surface area contributed by atoms with Gasteiger partial charge in [0.2, 0.25) is 0 Å². The lowest BCUT2D eigenvalue weighted by molar-refractivity contribution is 0.000391. The third-order valence-electron chi connectivity index (χ3n) is 2.93. The molecule has 6 heteroatoms. The summed E-state index contributed by atoms with van der Waals surface area (Å²) in [7, 11) is 0. The Bertz CT molecular complexity index is 294. The van der Waals surface area contributed by atoms with Crippen LogP contribution in [0.3, 0.4) is 0 Å². The molecule has 5 nitrogen and oxygen atoms in total. The molecule has 1 atom stereocenters. The van der Waals surface area contributed by atoms with Crippen LogP contribution >= 0.6 is 12.4 Å². The molecule has 0 saturated carbocycles. The second kappa shape index (κ2) is 7.66. The lowest BCUT2D eigenvalue weighted by Crippen LogP contribution is -2.46. The third-order valence-corrected chi connectivity index (χ3v) is 2.93. The molecule has 1 unspecified atom stereocenters. The van der Waals surface area contributed by atoms with Crippen LogP contribution in [0.2, 0.25) is 0 Å². The van der Waals surface area contributed by atoms with Gasteiger partial charge in [0, 0.05) is 38.1 Å². The average Bonchev–Trinajstić information content (AvgIpc) is 2.79. The predicted octanol–water partition coefficient (Wildman–Crippen LogP) is 0.642. The number of rotatable bonds is 5. The van der Waals surface area contributed by atoms with Gasteiger partial charge < -0.3 is 15.0 Å². The van der Waals surface area contributed by atoms with Gasteiger partial charge in [-0.15, -0.1) is 12.4 Å². The molecule has 1 aromatic rings. The third kappa shape index (κ3) is 4.63. The minimum absolute atomic E-state index is 0. The number of hydrogen-bond acceptors (Lipinski definition) is 4. The van der Waals surface area contributed by atoms with Crippen LogP contribution in [0.1, 0.15) is 12.7 Å². The largest absolute Gasteiger partial charge is 0.379 e. The first-order chi connectivity index (χ1) is 7.86. The Labute approximate surface area is 108 Å². The summed E-state index contributed by atoms with van der Waals surface area (Å²) in [5, 5.41) is 3.38. The van der Waals surface area contributed by atoms with Crippen LogP contribution in [-0.4, -0.2) is 53.8 Å². The van der Waals surface area contributed by atoms with Gasteiger partial charge in [-0.2, -0.15) is 0 Å². The van der Waals surface area contributed by atoms with Gasteiger partial charge >= 0.3 is 0 Å². The van der Waals surface area contributed by atoms with Gasteiger partial charge in [-0.05, 0) is 6.92 Å². The van der Waals surface area contributed by atoms with Gasteiger partial charge in [0.05, 0.1) is 19.8 Å². The maximum Gasteiger partial charge on any atom is 0.120 e. The smallest absolute Gasteiger partial charge is 0.120 e. The molecule has 0 aromatic carbocycles. The second-order valence-electron chi connectivity index (χ2n) is 4.17. The highest BCUT2D eigenvalue weighted by atomic mass is 35.5. The fraction of sp³-hybridized carbons (Fsp3) is 0.727. The summed E-state index contributed by atoms with van der Waals surface area (Å²) in [5.74, 6) is 0.995. The summed E-state index contributed by atoms with van der Waals surface area (Å²) in [6.45, 7) is 7.86. The Kier molecular flexibility index (Phi) is 6.50. The zero-order valence-electron chi connectivity index (χ0n) is 10.2. The summed E-state index contributed by atoms with van der Waals surface area (Å²) in [5.41, 5.74) is 0. The Hall–Kier alpha value is -0.620. The number of nitrogens with one attached hydrogen (secondary N) is 2. The van der Waals surface area contributed by atoms with Crippen molar-refractivity contribution in [2.45, 2.75) is 19.5 Å². The maximum absolute atomic E-state index is 5.40. The van der Waals surface area contributed by atoms with Crippen molar-refractivity contribution in [3.05, 3.63) is 18.2 Å². The van der Waals surface area contributed by atoms with Crippen molar-refractivity contribution in [2.24, 2.45) is 0 Å². The van der Waals surface area contributed by atoms with E-state index >= 15 is 0 Å². The van der Waals surface area contributed by atoms with Crippen molar-refractivity contribution < 1.29 is 4.74 Å². The number of hydrogen-bond donors (Lipinski definition) is 2. The van der Waals surface area contributed by atoms with E-state index in [1.807, 2.05) is 6.20 Å². The minimum Gasteiger partial charge on any atom is -0.379 e. The zero-order chi connectivity index (χ0) is 11.2. The van der Waals surface area contributed by atoms with Crippen molar-refractivity contribution in [2.75, 3.05) is 32.8 Å². The molecule has 2 rings (SSSR count). The fourth-order valence-corrected chi connectivity index (χ4v) is 1.92. The van der Waals surface area contributed by atoms with Crippen LogP contribution in [0.25, 0.3) is 0 Å². The number of H-pyrrole nitrogens is 1. The SMILES string of the molecule is CC1COCCN1CCNCc1ncc[nH]1.Cl. The molecule has 1 aliphatic heterocycles. The van der Waals surface area contributed by atoms with Gasteiger partial charge in [0.25, 0.3) is 0 Å². The summed E-state index contributed by atoms with van der Waals surface area (Å²) >= 11 is 0. The van der Waals surface area contributed by atoms with Crippen LogP contribution < -0.4 is 5.32 Å². The predicted molar refractivity (Wildman–Crippen MR) is 69.4 cm³/mol. The van der Waals surface area contributed by atoms with Crippen LogP contribution in [-0.2, 0) is 11.3 Å². The molecule has 0 bridgehead atoms. The second-order valence-corrected chi connectivity index (χ2v) is 4.17. The fourth-order valence-electron chi connectivity index (χ4n) is 1.92. The van der Waals surface area contributed by atoms with E-state index in [0.29, 0.717) is 6.04 Å². The molecule has 0 amide bonds. The van der Waals surface area contributed by atoms with Gasteiger partial charge in [-0.25, -0.2) is 4.98 Å². The molecule has 17 heavy (non-hydrogen) atoms. The Morgan fingerprint density at radius 1 is 1.65 bits per heavy atom. The van der Waals surface area contributed by atoms with Gasteiger partial charge in [-0.3, -0.25) is 4.90 Å². The lowest BCUT2D eigenvalue weighted by atomic mass is 10.2. The summed E-state index contributed by atoms with van der Waals surface area (Å²) < 4.78 is 5.40. The highest BCUT2D eigenvalue weighted by Gasteiger charge is 2.17. The first-order valence-corrected chi connectivity index (χ1v) is 5.87. The van der Waals surface area contributed by atoms with Crippen LogP contribution in [0.15, 0.2) is 12.4 Å². The monoisotopic (exact) mass is 260 g/mol. The highest BCUT2D eigenvalue weighted by Crippen LogP contribution is 2.04. The van der Waals surface area contributed by atoms with Crippen molar-refractivity contribution in [3.63, 3.8) is 0 Å². The van der Waals surface area contributed by atoms with Crippen LogP contribution in [0.5, 0.6) is 0 Å². The molecule has 1 saturated heterocycles. The first kappa shape index (κ1) is 14.4. The van der Waals surface area contributed by atoms with E-state index in [4.69, 9.17) is 4.74 Å². The topological polar surface area (TPSA) is 53.2 Å². The van der Waals surface area contributed by atoms with Crippen molar-refractivity contribution in [1.29, 1.82) is 0 Å². The van der Waals surface area contributed by atoms with Crippen molar-refractivity contribution >= 4 is 12.4 Å². The number of morpholine rings is 1. The Balaban J connectivity index is 0.00000144. The molecule has 98 valence electrons. The van der Waals surface area contributed by atoms with Crippen molar-refractivity contribution in [3.8, 4) is 0 Å². The maximum atomic E-state index is 5.40. The summed E-state index contributed by atoms with van der Waals surface area (Å²) in [6.07, 6.45) is 3.63. The lowest BCUT2D eigenvalue weighted by Gasteiger charge is -2.33. The summed E-state index contributed by atoms with van der Waals surface area (Å²) in [4.78, 5) is 9.70. The van der Waals surface area contributed by atoms with Crippen LogP contribution in [0.4, 0.5) is 0 Å². The molecule has 1 aliphatic rings. The van der Waals surface area contributed by atoms with Crippen molar-refractivity contribution in [1.82, 2.24) is 20.2 Å². The number of aromatic nitrogens is 2. The molecule has 2 N–H and O–H groups in total. The summed E-state index contributed by atoms with van der Waals surface area (Å²) in [6, 6.07) is 0.541. The molecule has 0 radical (unpaired) electrons. The van der Waals surface area contributed by atoms with E-state index in [-0.39, 0.29) is 12.4 Å². The van der Waals surface area contributed by atoms with Crippen LogP contribution in [0, 0.1) is 0 Å². The Morgan fingerprint density at radius 2 is 2.53 bits per heavy atom. The van der Waals surface area contributed by atoms with E-state index in [1.165, 1.54) is 0 Å². The minimum atomic E-state index is 0. The Morgan fingerprint density at radius 3 is 3.24 bits per heavy atom. The number of nitrogens with zero attached hydrogens (tertiary/aromatic N) is 2. The van der Waals surface area contributed by atoms with E-state index in [2.05, 4.69) is 27.1 Å². The van der Waals surface area contributed by atoms with Gasteiger partial charge in [-0.1, -0.05) is 0 Å². The number of ether oxygens (including phenoxy) is 1. The number of imidazole rings is 1. The van der Waals surface area contributed by atoms with Gasteiger partial charge in [0.1, 0.15) is 5.82 Å².